The smallest absolute Gasteiger partial charge is 0.246 e. The number of rotatable bonds is 5. The lowest BCUT2D eigenvalue weighted by Crippen LogP contribution is -2.43. The zero-order valence-corrected chi connectivity index (χ0v) is 10.5. The maximum Gasteiger partial charge on any atom is 0.246 e. The van der Waals surface area contributed by atoms with Gasteiger partial charge in [-0.25, -0.2) is 0 Å². The Morgan fingerprint density at radius 1 is 1.24 bits per heavy atom. The van der Waals surface area contributed by atoms with Crippen LogP contribution < -0.4 is 11.1 Å². The first-order valence-electron chi connectivity index (χ1n) is 6.84. The van der Waals surface area contributed by atoms with Crippen molar-refractivity contribution in [3.63, 3.8) is 0 Å². The monoisotopic (exact) mass is 240 g/mol. The molecule has 4 heteroatoms. The molecule has 2 rings (SSSR count). The quantitative estimate of drug-likeness (QED) is 0.762. The normalized spacial score (nSPS) is 24.1. The number of amides is 1. The predicted octanol–water partition coefficient (Wildman–Crippen LogP) is 1.33. The summed E-state index contributed by atoms with van der Waals surface area (Å²) in [4.78, 5) is 11.6. The molecule has 2 aliphatic carbocycles. The van der Waals surface area contributed by atoms with Crippen LogP contribution in [0.15, 0.2) is 0 Å². The second kappa shape index (κ2) is 5.83. The highest BCUT2D eigenvalue weighted by molar-refractivity contribution is 5.77. The minimum absolute atomic E-state index is 0.0125. The van der Waals surface area contributed by atoms with Crippen molar-refractivity contribution in [3.8, 4) is 0 Å². The highest BCUT2D eigenvalue weighted by Gasteiger charge is 2.29. The summed E-state index contributed by atoms with van der Waals surface area (Å²) in [5.41, 5.74) is 5.98. The lowest BCUT2D eigenvalue weighted by atomic mass is 10.0. The molecule has 1 amide bonds. The number of nitrogens with one attached hydrogen (secondary N) is 1. The zero-order chi connectivity index (χ0) is 12.1. The first kappa shape index (κ1) is 12.8. The molecule has 2 fully saturated rings. The van der Waals surface area contributed by atoms with Crippen molar-refractivity contribution >= 4 is 5.91 Å². The maximum absolute atomic E-state index is 11.6. The molecule has 4 nitrogen and oxygen atoms in total. The summed E-state index contributed by atoms with van der Waals surface area (Å²) < 4.78 is 5.46. The van der Waals surface area contributed by atoms with E-state index in [0.717, 1.165) is 25.7 Å². The Balaban J connectivity index is 1.59. The summed E-state index contributed by atoms with van der Waals surface area (Å²) >= 11 is 0. The van der Waals surface area contributed by atoms with Gasteiger partial charge in [0.1, 0.15) is 6.61 Å². The van der Waals surface area contributed by atoms with E-state index in [-0.39, 0.29) is 18.1 Å². The van der Waals surface area contributed by atoms with Gasteiger partial charge in [0.15, 0.2) is 0 Å². The van der Waals surface area contributed by atoms with Crippen LogP contribution >= 0.6 is 0 Å². The maximum atomic E-state index is 11.6. The van der Waals surface area contributed by atoms with Crippen LogP contribution in [0.2, 0.25) is 0 Å². The number of carbonyl (C=O) groups is 1. The molecule has 98 valence electrons. The molecular weight excluding hydrogens is 216 g/mol. The Morgan fingerprint density at radius 2 is 1.88 bits per heavy atom. The molecule has 0 atom stereocenters. The number of ether oxygens (including phenoxy) is 1. The second-order valence-corrected chi connectivity index (χ2v) is 5.61. The van der Waals surface area contributed by atoms with Crippen LogP contribution in [0.4, 0.5) is 0 Å². The molecular formula is C13H24N2O2. The Bertz CT molecular complexity index is 256. The van der Waals surface area contributed by atoms with Crippen LogP contribution in [0, 0.1) is 0 Å². The van der Waals surface area contributed by atoms with E-state index < -0.39 is 0 Å². The first-order chi connectivity index (χ1) is 8.18. The second-order valence-electron chi connectivity index (χ2n) is 5.61. The van der Waals surface area contributed by atoms with Crippen LogP contribution in [0.5, 0.6) is 0 Å². The van der Waals surface area contributed by atoms with E-state index >= 15 is 0 Å². The van der Waals surface area contributed by atoms with Gasteiger partial charge in [0.05, 0.1) is 6.61 Å². The minimum Gasteiger partial charge on any atom is -0.370 e. The fraction of sp³-hybridized carbons (Fsp3) is 0.923. The average molecular weight is 240 g/mol. The van der Waals surface area contributed by atoms with Crippen molar-refractivity contribution in [2.75, 3.05) is 13.2 Å². The van der Waals surface area contributed by atoms with Crippen LogP contribution in [0.3, 0.4) is 0 Å². The Labute approximate surface area is 103 Å². The molecule has 0 saturated heterocycles. The average Bonchev–Trinajstić information content (AvgIpc) is 2.90. The Morgan fingerprint density at radius 3 is 2.53 bits per heavy atom. The van der Waals surface area contributed by atoms with Crippen molar-refractivity contribution in [3.05, 3.63) is 0 Å². The number of carbonyl (C=O) groups excluding carboxylic acids is 1. The fourth-order valence-corrected chi connectivity index (χ4v) is 2.91. The number of hydrogen-bond donors (Lipinski definition) is 2. The van der Waals surface area contributed by atoms with Crippen LogP contribution in [-0.2, 0) is 9.53 Å². The Hall–Kier alpha value is -0.610. The van der Waals surface area contributed by atoms with Crippen molar-refractivity contribution in [2.45, 2.75) is 62.9 Å². The van der Waals surface area contributed by atoms with Gasteiger partial charge < -0.3 is 15.8 Å². The lowest BCUT2D eigenvalue weighted by Gasteiger charge is -2.23. The van der Waals surface area contributed by atoms with Gasteiger partial charge in [0.25, 0.3) is 0 Å². The molecule has 0 spiro atoms. The van der Waals surface area contributed by atoms with Crippen molar-refractivity contribution < 1.29 is 9.53 Å². The van der Waals surface area contributed by atoms with E-state index in [4.69, 9.17) is 10.5 Å². The van der Waals surface area contributed by atoms with Gasteiger partial charge in [-0.2, -0.15) is 0 Å². The molecule has 3 N–H and O–H groups in total. The minimum atomic E-state index is -0.173. The van der Waals surface area contributed by atoms with Gasteiger partial charge in [0, 0.05) is 11.6 Å². The van der Waals surface area contributed by atoms with Crippen molar-refractivity contribution in [1.82, 2.24) is 5.32 Å². The summed E-state index contributed by atoms with van der Waals surface area (Å²) in [5.74, 6) is 0.0125. The summed E-state index contributed by atoms with van der Waals surface area (Å²) in [6.07, 6.45) is 9.13. The topological polar surface area (TPSA) is 64.3 Å². The number of hydrogen-bond acceptors (Lipinski definition) is 3. The van der Waals surface area contributed by atoms with Gasteiger partial charge in [-0.05, 0) is 25.7 Å². The van der Waals surface area contributed by atoms with Crippen molar-refractivity contribution in [2.24, 2.45) is 5.73 Å². The van der Waals surface area contributed by atoms with Crippen LogP contribution in [0.25, 0.3) is 0 Å². The van der Waals surface area contributed by atoms with Gasteiger partial charge >= 0.3 is 0 Å². The van der Waals surface area contributed by atoms with E-state index in [1.165, 1.54) is 25.7 Å². The fourth-order valence-electron chi connectivity index (χ4n) is 2.91. The highest BCUT2D eigenvalue weighted by Crippen LogP contribution is 2.27. The standard InChI is InChI=1S/C13H24N2O2/c14-13(7-3-4-8-13)10-17-9-12(16)15-11-5-1-2-6-11/h11H,1-10,14H2,(H,15,16). The first-order valence-corrected chi connectivity index (χ1v) is 6.84. The zero-order valence-electron chi connectivity index (χ0n) is 10.5. The number of nitrogens with two attached hydrogens (primary N) is 1. The summed E-state index contributed by atoms with van der Waals surface area (Å²) in [6, 6.07) is 0.379. The summed E-state index contributed by atoms with van der Waals surface area (Å²) in [5, 5.41) is 3.01. The van der Waals surface area contributed by atoms with E-state index in [1.54, 1.807) is 0 Å². The van der Waals surface area contributed by atoms with Gasteiger partial charge in [-0.15, -0.1) is 0 Å². The summed E-state index contributed by atoms with van der Waals surface area (Å²) in [7, 11) is 0. The van der Waals surface area contributed by atoms with E-state index in [9.17, 15) is 4.79 Å². The SMILES string of the molecule is NC1(COCC(=O)NC2CCCC2)CCCC1. The molecule has 0 aromatic rings. The largest absolute Gasteiger partial charge is 0.370 e. The molecule has 2 saturated carbocycles. The highest BCUT2D eigenvalue weighted by atomic mass is 16.5. The molecule has 0 unspecified atom stereocenters. The molecule has 17 heavy (non-hydrogen) atoms. The summed E-state index contributed by atoms with van der Waals surface area (Å²) in [6.45, 7) is 0.681. The molecule has 0 aromatic carbocycles. The van der Waals surface area contributed by atoms with E-state index in [0.29, 0.717) is 12.6 Å². The van der Waals surface area contributed by atoms with Gasteiger partial charge in [-0.1, -0.05) is 25.7 Å². The third-order valence-corrected chi connectivity index (χ3v) is 3.94. The molecule has 0 aliphatic heterocycles. The van der Waals surface area contributed by atoms with E-state index in [1.807, 2.05) is 0 Å². The molecule has 0 bridgehead atoms. The van der Waals surface area contributed by atoms with Crippen LogP contribution in [0.1, 0.15) is 51.4 Å². The van der Waals surface area contributed by atoms with E-state index in [2.05, 4.69) is 5.32 Å². The van der Waals surface area contributed by atoms with Crippen molar-refractivity contribution in [1.29, 1.82) is 0 Å². The third kappa shape index (κ3) is 3.96. The molecule has 0 aromatic heterocycles. The molecule has 0 heterocycles. The van der Waals surface area contributed by atoms with Crippen LogP contribution in [-0.4, -0.2) is 30.7 Å². The Kier molecular flexibility index (Phi) is 4.40. The molecule has 0 radical (unpaired) electrons. The predicted molar refractivity (Wildman–Crippen MR) is 66.6 cm³/mol. The van der Waals surface area contributed by atoms with Gasteiger partial charge in [-0.3, -0.25) is 4.79 Å². The lowest BCUT2D eigenvalue weighted by molar-refractivity contribution is -0.126. The molecule has 2 aliphatic rings. The third-order valence-electron chi connectivity index (χ3n) is 3.94. The van der Waals surface area contributed by atoms with Gasteiger partial charge in [0.2, 0.25) is 5.91 Å².